The average molecular weight is 388 g/mol. The van der Waals surface area contributed by atoms with Crippen molar-refractivity contribution in [1.29, 1.82) is 0 Å². The largest absolute Gasteiger partial charge is 0.394 e. The van der Waals surface area contributed by atoms with Crippen molar-refractivity contribution in [2.75, 3.05) is 31.5 Å². The minimum atomic E-state index is -0.779. The topological polar surface area (TPSA) is 118 Å². The molecular weight excluding hydrogens is 364 g/mol. The van der Waals surface area contributed by atoms with E-state index in [9.17, 15) is 19.2 Å². The molecule has 2 aliphatic heterocycles. The Morgan fingerprint density at radius 1 is 1.39 bits per heavy atom. The molecule has 150 valence electrons. The molecule has 3 rings (SSSR count). The van der Waals surface area contributed by atoms with Crippen molar-refractivity contribution in [3.63, 3.8) is 0 Å². The van der Waals surface area contributed by atoms with Crippen LogP contribution in [0.1, 0.15) is 30.5 Å². The van der Waals surface area contributed by atoms with Crippen LogP contribution in [0.5, 0.6) is 0 Å². The predicted molar refractivity (Wildman–Crippen MR) is 99.2 cm³/mol. The molecule has 0 radical (unpaired) electrons. The lowest BCUT2D eigenvalue weighted by Gasteiger charge is -2.30. The number of nitrogens with one attached hydrogen (secondary N) is 2. The number of aromatic nitrogens is 1. The number of hydrogen-bond donors (Lipinski definition) is 2. The van der Waals surface area contributed by atoms with Crippen LogP contribution in [0, 0.1) is 5.92 Å². The smallest absolute Gasteiger partial charge is 0.333 e. The zero-order valence-corrected chi connectivity index (χ0v) is 15.6. The van der Waals surface area contributed by atoms with E-state index in [2.05, 4.69) is 26.4 Å². The van der Waals surface area contributed by atoms with E-state index in [0.29, 0.717) is 19.4 Å². The molecule has 2 aliphatic rings. The van der Waals surface area contributed by atoms with Gasteiger partial charge < -0.3 is 20.3 Å². The van der Waals surface area contributed by atoms with E-state index in [4.69, 9.17) is 0 Å². The van der Waals surface area contributed by atoms with E-state index in [1.165, 1.54) is 10.5 Å². The number of aryl methyl sites for hydroxylation is 1. The number of fused-ring (bicyclic) bond motifs is 1. The fraction of sp³-hybridized carbons (Fsp3) is 0.526. The van der Waals surface area contributed by atoms with Crippen molar-refractivity contribution in [1.82, 2.24) is 15.2 Å². The number of amides is 2. The normalized spacial score (nSPS) is 18.6. The second-order valence-corrected chi connectivity index (χ2v) is 6.97. The monoisotopic (exact) mass is 388 g/mol. The van der Waals surface area contributed by atoms with Crippen LogP contribution in [0.25, 0.3) is 0 Å². The second-order valence-electron chi connectivity index (χ2n) is 6.97. The molecule has 0 aromatic carbocycles. The molecule has 28 heavy (non-hydrogen) atoms. The summed E-state index contributed by atoms with van der Waals surface area (Å²) < 4.78 is 4.19. The number of rotatable bonds is 7. The summed E-state index contributed by atoms with van der Waals surface area (Å²) >= 11 is 0. The Hall–Kier alpha value is -2.97. The van der Waals surface area contributed by atoms with E-state index >= 15 is 0 Å². The van der Waals surface area contributed by atoms with Gasteiger partial charge in [-0.05, 0) is 30.9 Å². The number of carbonyl (C=O) groups is 4. The number of hydrogen-bond acceptors (Lipinski definition) is 7. The molecule has 0 saturated carbocycles. The summed E-state index contributed by atoms with van der Waals surface area (Å²) in [7, 11) is 0. The zero-order valence-electron chi connectivity index (χ0n) is 15.6. The van der Waals surface area contributed by atoms with E-state index < -0.39 is 11.9 Å². The number of piperidine rings is 1. The molecule has 1 aromatic heterocycles. The summed E-state index contributed by atoms with van der Waals surface area (Å²) in [4.78, 5) is 51.8. The highest BCUT2D eigenvalue weighted by Crippen LogP contribution is 2.20. The van der Waals surface area contributed by atoms with Crippen LogP contribution in [0.15, 0.2) is 12.1 Å². The molecule has 1 aromatic rings. The standard InChI is InChI=1S/C19H24N4O5/c24-12-28-17(26)11-23-9-6-14(10-16(23)25)19(27)21-8-5-15-4-3-13-2-1-7-20-18(13)22-15/h3-4,12,14H,1-2,5-11H2,(H,20,22)(H,21,27). The molecule has 0 spiro atoms. The van der Waals surface area contributed by atoms with Gasteiger partial charge in [-0.3, -0.25) is 14.4 Å². The number of pyridine rings is 1. The highest BCUT2D eigenvalue weighted by atomic mass is 16.6. The first-order chi connectivity index (χ1) is 13.6. The Morgan fingerprint density at radius 2 is 2.25 bits per heavy atom. The Labute approximate surface area is 162 Å². The summed E-state index contributed by atoms with van der Waals surface area (Å²) in [6.45, 7) is 1.43. The molecule has 1 fully saturated rings. The summed E-state index contributed by atoms with van der Waals surface area (Å²) in [6, 6.07) is 4.06. The minimum absolute atomic E-state index is 0.0421. The van der Waals surface area contributed by atoms with E-state index in [0.717, 1.165) is 30.9 Å². The molecular formula is C19H24N4O5. The highest BCUT2D eigenvalue weighted by molar-refractivity contribution is 5.89. The lowest BCUT2D eigenvalue weighted by atomic mass is 9.95. The van der Waals surface area contributed by atoms with E-state index in [-0.39, 0.29) is 37.8 Å². The SMILES string of the molecule is O=COC(=O)CN1CCC(C(=O)NCCc2ccc3c(n2)NCCC3)CC1=O. The van der Waals surface area contributed by atoms with E-state index in [1.807, 2.05) is 6.07 Å². The predicted octanol–water partition coefficient (Wildman–Crippen LogP) is 0.0366. The number of anilines is 1. The minimum Gasteiger partial charge on any atom is -0.394 e. The molecule has 3 heterocycles. The van der Waals surface area contributed by atoms with Gasteiger partial charge in [0, 0.05) is 44.1 Å². The van der Waals surface area contributed by atoms with Crippen molar-refractivity contribution < 1.29 is 23.9 Å². The van der Waals surface area contributed by atoms with Crippen LogP contribution < -0.4 is 10.6 Å². The maximum Gasteiger partial charge on any atom is 0.333 e. The summed E-state index contributed by atoms with van der Waals surface area (Å²) in [5.41, 5.74) is 2.13. The Kier molecular flexibility index (Phi) is 6.57. The number of nitrogens with zero attached hydrogens (tertiary/aromatic N) is 2. The Bertz CT molecular complexity index is 767. The van der Waals surface area contributed by atoms with Crippen LogP contribution >= 0.6 is 0 Å². The molecule has 2 N–H and O–H groups in total. The molecule has 0 aliphatic carbocycles. The van der Waals surface area contributed by atoms with Gasteiger partial charge in [0.1, 0.15) is 12.4 Å². The van der Waals surface area contributed by atoms with Crippen molar-refractivity contribution in [3.05, 3.63) is 23.4 Å². The Balaban J connectivity index is 1.42. The van der Waals surface area contributed by atoms with Gasteiger partial charge in [0.2, 0.25) is 11.8 Å². The molecule has 2 amide bonds. The molecule has 9 nitrogen and oxygen atoms in total. The molecule has 9 heteroatoms. The molecule has 1 atom stereocenters. The van der Waals surface area contributed by atoms with Crippen molar-refractivity contribution in [3.8, 4) is 0 Å². The third-order valence-electron chi connectivity index (χ3n) is 5.02. The van der Waals surface area contributed by atoms with Crippen LogP contribution in [0.3, 0.4) is 0 Å². The van der Waals surface area contributed by atoms with Gasteiger partial charge in [-0.15, -0.1) is 0 Å². The van der Waals surface area contributed by atoms with Gasteiger partial charge in [0.25, 0.3) is 0 Å². The maximum atomic E-state index is 12.3. The molecule has 0 bridgehead atoms. The number of esters is 1. The second kappa shape index (κ2) is 9.29. The highest BCUT2D eigenvalue weighted by Gasteiger charge is 2.31. The fourth-order valence-corrected chi connectivity index (χ4v) is 3.48. The van der Waals surface area contributed by atoms with Gasteiger partial charge in [0.15, 0.2) is 0 Å². The fourth-order valence-electron chi connectivity index (χ4n) is 3.48. The summed E-state index contributed by atoms with van der Waals surface area (Å²) in [5.74, 6) is -0.723. The van der Waals surface area contributed by atoms with Crippen LogP contribution in [0.4, 0.5) is 5.82 Å². The maximum absolute atomic E-state index is 12.3. The van der Waals surface area contributed by atoms with Gasteiger partial charge in [-0.25, -0.2) is 9.78 Å². The molecule has 1 unspecified atom stereocenters. The summed E-state index contributed by atoms with van der Waals surface area (Å²) in [6.07, 6.45) is 3.27. The van der Waals surface area contributed by atoms with Crippen molar-refractivity contribution >= 4 is 30.1 Å². The van der Waals surface area contributed by atoms with Crippen molar-refractivity contribution in [2.45, 2.75) is 32.1 Å². The van der Waals surface area contributed by atoms with Gasteiger partial charge in [-0.2, -0.15) is 0 Å². The van der Waals surface area contributed by atoms with Gasteiger partial charge in [0.05, 0.1) is 0 Å². The lowest BCUT2D eigenvalue weighted by molar-refractivity contribution is -0.156. The van der Waals surface area contributed by atoms with Crippen LogP contribution in [-0.2, 0) is 36.8 Å². The first kappa shape index (κ1) is 19.8. The quantitative estimate of drug-likeness (QED) is 0.385. The van der Waals surface area contributed by atoms with Gasteiger partial charge in [-0.1, -0.05) is 6.07 Å². The molecule has 1 saturated heterocycles. The zero-order chi connectivity index (χ0) is 19.9. The number of likely N-dealkylation sites (tertiary alicyclic amines) is 1. The first-order valence-corrected chi connectivity index (χ1v) is 9.48. The Morgan fingerprint density at radius 3 is 3.04 bits per heavy atom. The number of ether oxygens (including phenoxy) is 1. The van der Waals surface area contributed by atoms with Crippen molar-refractivity contribution in [2.24, 2.45) is 5.92 Å². The third kappa shape index (κ3) is 5.05. The first-order valence-electron chi connectivity index (χ1n) is 9.48. The third-order valence-corrected chi connectivity index (χ3v) is 5.02. The summed E-state index contributed by atoms with van der Waals surface area (Å²) in [5, 5.41) is 6.16. The number of carbonyl (C=O) groups excluding carboxylic acids is 4. The lowest BCUT2D eigenvalue weighted by Crippen LogP contribution is -2.46. The van der Waals surface area contributed by atoms with Gasteiger partial charge >= 0.3 is 12.4 Å². The van der Waals surface area contributed by atoms with Crippen LogP contribution in [-0.4, -0.2) is 60.3 Å². The average Bonchev–Trinajstić information content (AvgIpc) is 2.69. The van der Waals surface area contributed by atoms with Crippen LogP contribution in [0.2, 0.25) is 0 Å². The van der Waals surface area contributed by atoms with E-state index in [1.54, 1.807) is 0 Å².